The summed E-state index contributed by atoms with van der Waals surface area (Å²) in [4.78, 5) is 25.8. The number of anilines is 2. The molecule has 1 amide bonds. The molecule has 2 aliphatic rings. The summed E-state index contributed by atoms with van der Waals surface area (Å²) in [6.45, 7) is 7.13. The summed E-state index contributed by atoms with van der Waals surface area (Å²) in [6.07, 6.45) is 3.15. The zero-order valence-corrected chi connectivity index (χ0v) is 17.1. The number of aromatic nitrogens is 2. The molecule has 2 aromatic rings. The summed E-state index contributed by atoms with van der Waals surface area (Å²) in [5, 5.41) is 0. The zero-order chi connectivity index (χ0) is 20.2. The molecule has 7 heteroatoms. The first-order chi connectivity index (χ1) is 14.1. The average Bonchev–Trinajstić information content (AvgIpc) is 3.05. The first-order valence-electron chi connectivity index (χ1n) is 10.5. The molecule has 0 saturated carbocycles. The Morgan fingerprint density at radius 2 is 1.76 bits per heavy atom. The summed E-state index contributed by atoms with van der Waals surface area (Å²) in [5.74, 6) is 1.89. The summed E-state index contributed by atoms with van der Waals surface area (Å²) in [7, 11) is 0. The molecule has 0 radical (unpaired) electrons. The van der Waals surface area contributed by atoms with Crippen LogP contribution in [0.4, 0.5) is 11.6 Å². The van der Waals surface area contributed by atoms with Gasteiger partial charge in [-0.1, -0.05) is 37.6 Å². The van der Waals surface area contributed by atoms with Crippen LogP contribution >= 0.6 is 0 Å². The number of benzene rings is 1. The summed E-state index contributed by atoms with van der Waals surface area (Å²) in [6, 6.07) is 8.49. The van der Waals surface area contributed by atoms with Gasteiger partial charge in [0.1, 0.15) is 17.5 Å². The van der Waals surface area contributed by atoms with Gasteiger partial charge < -0.3 is 10.5 Å². The maximum Gasteiger partial charge on any atom is 0.233 e. The van der Waals surface area contributed by atoms with E-state index in [2.05, 4.69) is 46.1 Å². The second-order valence-corrected chi connectivity index (χ2v) is 7.79. The van der Waals surface area contributed by atoms with E-state index in [-0.39, 0.29) is 12.3 Å². The lowest BCUT2D eigenvalue weighted by molar-refractivity contribution is -0.117. The van der Waals surface area contributed by atoms with Gasteiger partial charge in [0.25, 0.3) is 0 Å². The van der Waals surface area contributed by atoms with Crippen molar-refractivity contribution in [1.82, 2.24) is 14.9 Å². The molecule has 1 aromatic heterocycles. The van der Waals surface area contributed by atoms with Crippen molar-refractivity contribution in [2.45, 2.75) is 45.7 Å². The fourth-order valence-electron chi connectivity index (χ4n) is 3.85. The predicted octanol–water partition coefficient (Wildman–Crippen LogP) is 2.32. The van der Waals surface area contributed by atoms with E-state index in [0.717, 1.165) is 69.1 Å². The molecule has 154 valence electrons. The van der Waals surface area contributed by atoms with E-state index in [1.165, 1.54) is 5.56 Å². The second kappa shape index (κ2) is 8.88. The molecule has 0 bridgehead atoms. The van der Waals surface area contributed by atoms with Crippen molar-refractivity contribution in [3.63, 3.8) is 0 Å². The third-order valence-electron chi connectivity index (χ3n) is 5.58. The Labute approximate surface area is 171 Å². The number of hydrogen-bond acceptors (Lipinski definition) is 6. The first-order valence-corrected chi connectivity index (χ1v) is 10.5. The monoisotopic (exact) mass is 395 g/mol. The van der Waals surface area contributed by atoms with Crippen LogP contribution in [0.3, 0.4) is 0 Å². The normalized spacial score (nSPS) is 17.0. The van der Waals surface area contributed by atoms with Crippen LogP contribution in [0.2, 0.25) is 0 Å². The minimum Gasteiger partial charge on any atom is -0.383 e. The van der Waals surface area contributed by atoms with Gasteiger partial charge in [0.05, 0.1) is 26.2 Å². The molecule has 0 atom stereocenters. The van der Waals surface area contributed by atoms with Gasteiger partial charge in [-0.2, -0.15) is 0 Å². The number of rotatable bonds is 7. The largest absolute Gasteiger partial charge is 0.383 e. The van der Waals surface area contributed by atoms with E-state index in [1.807, 2.05) is 0 Å². The number of fused-ring (bicyclic) bond motifs is 1. The van der Waals surface area contributed by atoms with Crippen LogP contribution in [-0.4, -0.2) is 47.1 Å². The summed E-state index contributed by atoms with van der Waals surface area (Å²) in [5.41, 5.74) is 9.25. The topological polar surface area (TPSA) is 84.6 Å². The maximum absolute atomic E-state index is 12.6. The molecule has 29 heavy (non-hydrogen) atoms. The van der Waals surface area contributed by atoms with Crippen molar-refractivity contribution in [3.05, 3.63) is 46.8 Å². The average molecular weight is 396 g/mol. The molecule has 2 aliphatic heterocycles. The van der Waals surface area contributed by atoms with Crippen LogP contribution in [0, 0.1) is 0 Å². The number of nitrogens with zero attached hydrogens (tertiary/aromatic N) is 4. The molecule has 0 aliphatic carbocycles. The Morgan fingerprint density at radius 3 is 2.45 bits per heavy atom. The van der Waals surface area contributed by atoms with Crippen molar-refractivity contribution in [2.24, 2.45) is 0 Å². The molecule has 3 heterocycles. The highest BCUT2D eigenvalue weighted by atomic mass is 16.5. The highest BCUT2D eigenvalue weighted by molar-refractivity contribution is 6.01. The third kappa shape index (κ3) is 4.57. The first kappa shape index (κ1) is 19.8. The van der Waals surface area contributed by atoms with Crippen LogP contribution < -0.4 is 10.6 Å². The van der Waals surface area contributed by atoms with Crippen LogP contribution in [0.25, 0.3) is 0 Å². The Bertz CT molecular complexity index is 862. The number of hydrogen-bond donors (Lipinski definition) is 1. The van der Waals surface area contributed by atoms with Gasteiger partial charge in [-0.05, 0) is 17.5 Å². The zero-order valence-electron chi connectivity index (χ0n) is 17.1. The molecule has 0 spiro atoms. The molecule has 0 unspecified atom stereocenters. The van der Waals surface area contributed by atoms with Crippen molar-refractivity contribution >= 4 is 17.5 Å². The van der Waals surface area contributed by atoms with Crippen molar-refractivity contribution < 1.29 is 9.53 Å². The quantitative estimate of drug-likeness (QED) is 0.775. The summed E-state index contributed by atoms with van der Waals surface area (Å²) >= 11 is 0. The smallest absolute Gasteiger partial charge is 0.233 e. The lowest BCUT2D eigenvalue weighted by Gasteiger charge is -2.26. The van der Waals surface area contributed by atoms with Gasteiger partial charge in [0.15, 0.2) is 0 Å². The lowest BCUT2D eigenvalue weighted by Crippen LogP contribution is -2.35. The van der Waals surface area contributed by atoms with Crippen LogP contribution in [-0.2, 0) is 35.5 Å². The predicted molar refractivity (Wildman–Crippen MR) is 112 cm³/mol. The Hall–Kier alpha value is -2.51. The van der Waals surface area contributed by atoms with E-state index >= 15 is 0 Å². The minimum atomic E-state index is 0.0334. The Balaban J connectivity index is 1.47. The van der Waals surface area contributed by atoms with E-state index in [1.54, 1.807) is 4.90 Å². The van der Waals surface area contributed by atoms with Gasteiger partial charge in [0.2, 0.25) is 5.91 Å². The molecule has 7 nitrogen and oxygen atoms in total. The molecular weight excluding hydrogens is 366 g/mol. The molecule has 1 aromatic carbocycles. The number of nitrogen functional groups attached to an aromatic ring is 1. The lowest BCUT2D eigenvalue weighted by atomic mass is 10.1. The number of aryl methyl sites for hydroxylation is 1. The number of ether oxygens (including phenoxy) is 1. The van der Waals surface area contributed by atoms with E-state index in [4.69, 9.17) is 10.5 Å². The van der Waals surface area contributed by atoms with Crippen molar-refractivity contribution in [2.75, 3.05) is 36.9 Å². The van der Waals surface area contributed by atoms with Gasteiger partial charge in [-0.3, -0.25) is 14.6 Å². The van der Waals surface area contributed by atoms with E-state index in [9.17, 15) is 4.79 Å². The van der Waals surface area contributed by atoms with Gasteiger partial charge >= 0.3 is 0 Å². The fourth-order valence-corrected chi connectivity index (χ4v) is 3.85. The van der Waals surface area contributed by atoms with Gasteiger partial charge in [-0.15, -0.1) is 0 Å². The third-order valence-corrected chi connectivity index (χ3v) is 5.58. The SMILES string of the molecule is CCCCc1nc(N)c2c(n1)N(Cc1ccc(CN3CCOCC3)cc1)C(=O)C2. The molecule has 1 saturated heterocycles. The van der Waals surface area contributed by atoms with Crippen LogP contribution in [0.15, 0.2) is 24.3 Å². The molecule has 1 fully saturated rings. The molecule has 4 rings (SSSR count). The van der Waals surface area contributed by atoms with Crippen LogP contribution in [0.1, 0.15) is 42.3 Å². The van der Waals surface area contributed by atoms with Crippen molar-refractivity contribution in [1.29, 1.82) is 0 Å². The highest BCUT2D eigenvalue weighted by Crippen LogP contribution is 2.32. The number of amides is 1. The number of unbranched alkanes of at least 4 members (excludes halogenated alkanes) is 1. The number of morpholine rings is 1. The Kier molecular flexibility index (Phi) is 6.06. The second-order valence-electron chi connectivity index (χ2n) is 7.79. The Morgan fingerprint density at radius 1 is 1.07 bits per heavy atom. The van der Waals surface area contributed by atoms with Gasteiger partial charge in [-0.25, -0.2) is 9.97 Å². The van der Waals surface area contributed by atoms with E-state index in [0.29, 0.717) is 18.2 Å². The number of carbonyl (C=O) groups is 1. The molecular formula is C22H29N5O2. The maximum atomic E-state index is 12.6. The highest BCUT2D eigenvalue weighted by Gasteiger charge is 2.31. The number of carbonyl (C=O) groups excluding carboxylic acids is 1. The standard InChI is InChI=1S/C22H29N5O2/c1-2-3-4-19-24-21(23)18-13-20(28)27(22(18)25-19)15-17-7-5-16(6-8-17)14-26-9-11-29-12-10-26/h5-8H,2-4,9-15H2,1H3,(H2,23,24,25). The van der Waals surface area contributed by atoms with Crippen LogP contribution in [0.5, 0.6) is 0 Å². The fraction of sp³-hybridized carbons (Fsp3) is 0.500. The minimum absolute atomic E-state index is 0.0334. The molecule has 2 N–H and O–H groups in total. The van der Waals surface area contributed by atoms with Gasteiger partial charge in [0, 0.05) is 31.6 Å². The van der Waals surface area contributed by atoms with Crippen molar-refractivity contribution in [3.8, 4) is 0 Å². The number of nitrogens with two attached hydrogens (primary N) is 1. The van der Waals surface area contributed by atoms with E-state index < -0.39 is 0 Å². The summed E-state index contributed by atoms with van der Waals surface area (Å²) < 4.78 is 5.41.